The van der Waals surface area contributed by atoms with Crippen LogP contribution in [0.4, 0.5) is 0 Å². The molecule has 0 spiro atoms. The fraction of sp³-hybridized carbons (Fsp3) is 0.476. The van der Waals surface area contributed by atoms with Crippen LogP contribution in [0.25, 0.3) is 18.2 Å². The van der Waals surface area contributed by atoms with Gasteiger partial charge in [0.05, 0.1) is 5.35 Å². The van der Waals surface area contributed by atoms with Gasteiger partial charge in [0.25, 0.3) is 0 Å². The molecule has 0 fully saturated rings. The third-order valence-corrected chi connectivity index (χ3v) is 3.30. The van der Waals surface area contributed by atoms with Crippen LogP contribution in [0, 0.1) is 19.8 Å². The van der Waals surface area contributed by atoms with E-state index >= 15 is 0 Å². The lowest BCUT2D eigenvalue weighted by Gasteiger charge is -2.07. The maximum absolute atomic E-state index is 4.74. The molecule has 0 bridgehead atoms. The van der Waals surface area contributed by atoms with Crippen molar-refractivity contribution in [1.29, 1.82) is 0 Å². The number of hydrogen-bond acceptors (Lipinski definition) is 1. The minimum Gasteiger partial charge on any atom is -0.253 e. The Bertz CT molecular complexity index is 616. The average molecular weight is 300 g/mol. The normalized spacial score (nSPS) is 13.3. The number of hydrogen-bond donors (Lipinski definition) is 0. The summed E-state index contributed by atoms with van der Waals surface area (Å²) in [5, 5.41) is 2.32. The van der Waals surface area contributed by atoms with Crippen LogP contribution in [0.15, 0.2) is 18.2 Å². The summed E-state index contributed by atoms with van der Waals surface area (Å²) < 4.78 is 0. The van der Waals surface area contributed by atoms with Crippen LogP contribution < -0.4 is 10.6 Å². The Morgan fingerprint density at radius 1 is 1.14 bits per heavy atom. The SMILES string of the molecule is CC.C\C=C/C=c1/nc(C)c(C)c(/C=C\C(C)C)/c1=C/CC. The molecule has 0 saturated heterocycles. The van der Waals surface area contributed by atoms with Gasteiger partial charge in [-0.1, -0.05) is 65.0 Å². The molecule has 1 nitrogen and oxygen atoms in total. The minimum atomic E-state index is 0.556. The summed E-state index contributed by atoms with van der Waals surface area (Å²) >= 11 is 0. The number of nitrogens with zero attached hydrogens (tertiary/aromatic N) is 1. The highest BCUT2D eigenvalue weighted by molar-refractivity contribution is 5.58. The van der Waals surface area contributed by atoms with Crippen molar-refractivity contribution in [2.24, 2.45) is 5.92 Å². The van der Waals surface area contributed by atoms with Crippen LogP contribution in [-0.4, -0.2) is 4.98 Å². The molecule has 1 rings (SSSR count). The van der Waals surface area contributed by atoms with Crippen LogP contribution in [0.2, 0.25) is 0 Å². The molecule has 1 heteroatoms. The average Bonchev–Trinajstić information content (AvgIpc) is 2.50. The molecule has 1 aromatic rings. The standard InChI is InChI=1S/C19H27N.C2H6/c1-7-9-11-19-18(10-8-2)17(13-12-14(3)4)15(5)16(6)20-19;1-2/h7,9-14H,8H2,1-6H3;1-2H3/b9-7-,13-12-,18-10-,19-11+;. The van der Waals surface area contributed by atoms with Crippen molar-refractivity contribution >= 4 is 18.2 Å². The monoisotopic (exact) mass is 299 g/mol. The predicted octanol–water partition coefficient (Wildman–Crippen LogP) is 4.94. The van der Waals surface area contributed by atoms with Crippen LogP contribution >= 0.6 is 0 Å². The zero-order valence-corrected chi connectivity index (χ0v) is 15.7. The van der Waals surface area contributed by atoms with Crippen LogP contribution in [0.5, 0.6) is 0 Å². The first-order chi connectivity index (χ1) is 10.5. The van der Waals surface area contributed by atoms with Gasteiger partial charge in [-0.25, -0.2) is 0 Å². The van der Waals surface area contributed by atoms with Gasteiger partial charge in [0.1, 0.15) is 0 Å². The molecule has 22 heavy (non-hydrogen) atoms. The van der Waals surface area contributed by atoms with Gasteiger partial charge in [0, 0.05) is 10.9 Å². The molecule has 0 amide bonds. The third-order valence-electron chi connectivity index (χ3n) is 3.30. The largest absolute Gasteiger partial charge is 0.253 e. The Hall–Kier alpha value is -1.63. The molecule has 1 heterocycles. The van der Waals surface area contributed by atoms with Crippen LogP contribution in [-0.2, 0) is 0 Å². The predicted molar refractivity (Wildman–Crippen MR) is 102 cm³/mol. The molecule has 0 aliphatic carbocycles. The molecule has 122 valence electrons. The van der Waals surface area contributed by atoms with E-state index in [4.69, 9.17) is 4.98 Å². The molecule has 0 aliphatic rings. The number of aryl methyl sites for hydroxylation is 1. The number of pyridine rings is 1. The topological polar surface area (TPSA) is 12.9 Å². The third kappa shape index (κ3) is 6.01. The zero-order valence-electron chi connectivity index (χ0n) is 15.7. The first kappa shape index (κ1) is 20.4. The summed E-state index contributed by atoms with van der Waals surface area (Å²) in [5.41, 5.74) is 3.69. The number of rotatable bonds is 4. The maximum Gasteiger partial charge on any atom is 0.0708 e. The highest BCUT2D eigenvalue weighted by atomic mass is 14.7. The zero-order chi connectivity index (χ0) is 17.1. The fourth-order valence-electron chi connectivity index (χ4n) is 2.10. The Kier molecular flexibility index (Phi) is 10.2. The van der Waals surface area contributed by atoms with Crippen molar-refractivity contribution in [2.75, 3.05) is 0 Å². The quantitative estimate of drug-likeness (QED) is 0.767. The fourth-order valence-corrected chi connectivity index (χ4v) is 2.10. The minimum absolute atomic E-state index is 0.556. The van der Waals surface area contributed by atoms with E-state index in [2.05, 4.69) is 65.0 Å². The van der Waals surface area contributed by atoms with E-state index in [0.29, 0.717) is 5.92 Å². The van der Waals surface area contributed by atoms with Gasteiger partial charge in [-0.05, 0) is 50.3 Å². The smallest absolute Gasteiger partial charge is 0.0708 e. The Balaban J connectivity index is 0.00000211. The summed E-state index contributed by atoms with van der Waals surface area (Å²) in [4.78, 5) is 4.74. The van der Waals surface area contributed by atoms with Gasteiger partial charge in [-0.3, -0.25) is 4.98 Å². The highest BCUT2D eigenvalue weighted by Gasteiger charge is 2.04. The van der Waals surface area contributed by atoms with Gasteiger partial charge in [-0.15, -0.1) is 0 Å². The molecular weight excluding hydrogens is 266 g/mol. The van der Waals surface area contributed by atoms with Crippen LogP contribution in [0.3, 0.4) is 0 Å². The van der Waals surface area contributed by atoms with E-state index in [9.17, 15) is 0 Å². The van der Waals surface area contributed by atoms with Crippen molar-refractivity contribution in [1.82, 2.24) is 4.98 Å². The van der Waals surface area contributed by atoms with E-state index in [-0.39, 0.29) is 0 Å². The van der Waals surface area contributed by atoms with Gasteiger partial charge in [0.2, 0.25) is 0 Å². The summed E-state index contributed by atoms with van der Waals surface area (Å²) in [5.74, 6) is 0.556. The van der Waals surface area contributed by atoms with Gasteiger partial charge >= 0.3 is 0 Å². The Morgan fingerprint density at radius 3 is 2.27 bits per heavy atom. The molecular formula is C21H33N. The highest BCUT2D eigenvalue weighted by Crippen LogP contribution is 2.09. The van der Waals surface area contributed by atoms with Crippen LogP contribution in [0.1, 0.15) is 64.8 Å². The lowest BCUT2D eigenvalue weighted by molar-refractivity contribution is 0.836. The van der Waals surface area contributed by atoms with E-state index < -0.39 is 0 Å². The lowest BCUT2D eigenvalue weighted by Crippen LogP contribution is -2.32. The lowest BCUT2D eigenvalue weighted by atomic mass is 10.0. The second kappa shape index (κ2) is 11.0. The van der Waals surface area contributed by atoms with Gasteiger partial charge in [0.15, 0.2) is 0 Å². The first-order valence-corrected chi connectivity index (χ1v) is 8.49. The van der Waals surface area contributed by atoms with E-state index in [0.717, 1.165) is 17.5 Å². The summed E-state index contributed by atoms with van der Waals surface area (Å²) in [6, 6.07) is 0. The first-order valence-electron chi connectivity index (χ1n) is 8.49. The molecule has 0 aromatic carbocycles. The number of aromatic nitrogens is 1. The van der Waals surface area contributed by atoms with Crippen molar-refractivity contribution in [3.8, 4) is 0 Å². The Labute approximate surface area is 137 Å². The van der Waals surface area contributed by atoms with Gasteiger partial charge in [-0.2, -0.15) is 0 Å². The second-order valence-corrected chi connectivity index (χ2v) is 5.44. The van der Waals surface area contributed by atoms with E-state index in [1.807, 2.05) is 26.8 Å². The van der Waals surface area contributed by atoms with Gasteiger partial charge < -0.3 is 0 Å². The number of allylic oxidation sites excluding steroid dienone is 3. The second-order valence-electron chi connectivity index (χ2n) is 5.44. The molecule has 0 unspecified atom stereocenters. The molecule has 0 saturated carbocycles. The van der Waals surface area contributed by atoms with E-state index in [1.54, 1.807) is 0 Å². The van der Waals surface area contributed by atoms with E-state index in [1.165, 1.54) is 16.3 Å². The van der Waals surface area contributed by atoms with Crippen molar-refractivity contribution in [2.45, 2.75) is 61.8 Å². The Morgan fingerprint density at radius 2 is 1.77 bits per heavy atom. The summed E-state index contributed by atoms with van der Waals surface area (Å²) in [7, 11) is 0. The molecule has 0 aliphatic heterocycles. The van der Waals surface area contributed by atoms with Crippen molar-refractivity contribution in [3.63, 3.8) is 0 Å². The van der Waals surface area contributed by atoms with Crippen molar-refractivity contribution < 1.29 is 0 Å². The summed E-state index contributed by atoms with van der Waals surface area (Å²) in [6.45, 7) is 16.9. The maximum atomic E-state index is 4.74. The summed E-state index contributed by atoms with van der Waals surface area (Å²) in [6.07, 6.45) is 14.0. The molecule has 0 radical (unpaired) electrons. The van der Waals surface area contributed by atoms with Crippen molar-refractivity contribution in [3.05, 3.63) is 45.6 Å². The molecule has 0 N–H and O–H groups in total. The molecule has 1 aromatic heterocycles. The molecule has 0 atom stereocenters.